The molecule has 1 aromatic heterocycles. The number of halogens is 1. The Hall–Kier alpha value is -1.29. The quantitative estimate of drug-likeness (QED) is 0.819. The van der Waals surface area contributed by atoms with Gasteiger partial charge in [0, 0.05) is 23.6 Å². The van der Waals surface area contributed by atoms with Crippen molar-refractivity contribution in [2.45, 2.75) is 24.6 Å². The Bertz CT molecular complexity index is 535. The van der Waals surface area contributed by atoms with E-state index in [1.165, 1.54) is 10.9 Å². The molecule has 0 saturated carbocycles. The van der Waals surface area contributed by atoms with E-state index in [4.69, 9.17) is 0 Å². The van der Waals surface area contributed by atoms with E-state index >= 15 is 0 Å². The molecule has 18 heavy (non-hydrogen) atoms. The molecule has 1 unspecified atom stereocenters. The number of aromatic amines is 1. The molecular weight excluding hydrogens is 292 g/mol. The van der Waals surface area contributed by atoms with Crippen molar-refractivity contribution in [3.63, 3.8) is 0 Å². The number of H-pyrrole nitrogens is 1. The number of amides is 1. The summed E-state index contributed by atoms with van der Waals surface area (Å²) in [6.07, 6.45) is 3.67. The lowest BCUT2D eigenvalue weighted by Crippen LogP contribution is -2.32. The predicted octanol–water partition coefficient (Wildman–Crippen LogP) is 3.00. The molecule has 0 fully saturated rings. The van der Waals surface area contributed by atoms with Gasteiger partial charge in [0.25, 0.3) is 0 Å². The molecule has 3 nitrogen and oxygen atoms in total. The van der Waals surface area contributed by atoms with Gasteiger partial charge in [0.05, 0.1) is 4.83 Å². The molecule has 2 aromatic rings. The monoisotopic (exact) mass is 308 g/mol. The van der Waals surface area contributed by atoms with Crippen LogP contribution < -0.4 is 5.32 Å². The van der Waals surface area contributed by atoms with Crippen LogP contribution in [0, 0.1) is 0 Å². The molecule has 0 aliphatic carbocycles. The van der Waals surface area contributed by atoms with E-state index < -0.39 is 0 Å². The third-order valence-corrected chi connectivity index (χ3v) is 4.07. The number of alkyl halides is 1. The number of rotatable bonds is 5. The van der Waals surface area contributed by atoms with Crippen molar-refractivity contribution in [2.24, 2.45) is 0 Å². The standard InChI is InChI=1S/C14H17BrN2O/c1-2-12(15)14(18)16-8-7-10-9-17-13-6-4-3-5-11(10)13/h3-6,9,12,17H,2,7-8H2,1H3,(H,16,18). The fourth-order valence-corrected chi connectivity index (χ4v) is 2.12. The SMILES string of the molecule is CCC(Br)C(=O)NCCc1c[nH]c2ccccc12. The Balaban J connectivity index is 1.93. The molecule has 96 valence electrons. The number of carbonyl (C=O) groups is 1. The second-order valence-electron chi connectivity index (χ2n) is 4.28. The van der Waals surface area contributed by atoms with Crippen LogP contribution in [-0.4, -0.2) is 22.3 Å². The minimum atomic E-state index is -0.0829. The summed E-state index contributed by atoms with van der Waals surface area (Å²) in [7, 11) is 0. The average molecular weight is 309 g/mol. The van der Waals surface area contributed by atoms with Gasteiger partial charge in [-0.1, -0.05) is 41.1 Å². The Morgan fingerprint density at radius 3 is 3.00 bits per heavy atom. The second kappa shape index (κ2) is 6.05. The van der Waals surface area contributed by atoms with Gasteiger partial charge in [0.1, 0.15) is 0 Å². The smallest absolute Gasteiger partial charge is 0.233 e. The zero-order chi connectivity index (χ0) is 13.0. The largest absolute Gasteiger partial charge is 0.361 e. The molecule has 0 bridgehead atoms. The number of aromatic nitrogens is 1. The van der Waals surface area contributed by atoms with Crippen molar-refractivity contribution in [3.8, 4) is 0 Å². The first-order valence-electron chi connectivity index (χ1n) is 6.19. The molecule has 0 radical (unpaired) electrons. The van der Waals surface area contributed by atoms with Gasteiger partial charge in [0.15, 0.2) is 0 Å². The maximum atomic E-state index is 11.6. The molecule has 1 atom stereocenters. The highest BCUT2D eigenvalue weighted by Gasteiger charge is 2.11. The summed E-state index contributed by atoms with van der Waals surface area (Å²) in [6.45, 7) is 2.65. The van der Waals surface area contributed by atoms with E-state index in [0.29, 0.717) is 6.54 Å². The molecule has 0 aliphatic rings. The second-order valence-corrected chi connectivity index (χ2v) is 5.38. The summed E-state index contributed by atoms with van der Waals surface area (Å²) >= 11 is 3.34. The van der Waals surface area contributed by atoms with Crippen LogP contribution in [0.4, 0.5) is 0 Å². The van der Waals surface area contributed by atoms with Crippen molar-refractivity contribution in [1.29, 1.82) is 0 Å². The third kappa shape index (κ3) is 2.93. The zero-order valence-electron chi connectivity index (χ0n) is 10.4. The van der Waals surface area contributed by atoms with E-state index in [0.717, 1.165) is 18.4 Å². The van der Waals surface area contributed by atoms with Gasteiger partial charge in [-0.15, -0.1) is 0 Å². The Labute approximate surface area is 115 Å². The van der Waals surface area contributed by atoms with Crippen LogP contribution in [0.3, 0.4) is 0 Å². The van der Waals surface area contributed by atoms with Crippen molar-refractivity contribution >= 4 is 32.7 Å². The maximum Gasteiger partial charge on any atom is 0.233 e. The zero-order valence-corrected chi connectivity index (χ0v) is 12.0. The first kappa shape index (κ1) is 13.1. The summed E-state index contributed by atoms with van der Waals surface area (Å²) in [4.78, 5) is 14.8. The molecule has 1 amide bonds. The molecule has 0 saturated heterocycles. The Kier molecular flexibility index (Phi) is 4.42. The van der Waals surface area contributed by atoms with Gasteiger partial charge < -0.3 is 10.3 Å². The van der Waals surface area contributed by atoms with Gasteiger partial charge >= 0.3 is 0 Å². The van der Waals surface area contributed by atoms with E-state index in [9.17, 15) is 4.79 Å². The summed E-state index contributed by atoms with van der Waals surface area (Å²) < 4.78 is 0. The number of benzene rings is 1. The average Bonchev–Trinajstić information content (AvgIpc) is 2.81. The first-order valence-corrected chi connectivity index (χ1v) is 7.10. The Morgan fingerprint density at radius 1 is 1.44 bits per heavy atom. The van der Waals surface area contributed by atoms with Crippen molar-refractivity contribution in [3.05, 3.63) is 36.0 Å². The summed E-state index contributed by atoms with van der Waals surface area (Å²) in [6, 6.07) is 8.20. The van der Waals surface area contributed by atoms with Gasteiger partial charge in [-0.25, -0.2) is 0 Å². The molecule has 2 N–H and O–H groups in total. The van der Waals surface area contributed by atoms with Gasteiger partial charge in [-0.05, 0) is 24.5 Å². The van der Waals surface area contributed by atoms with Crippen LogP contribution in [0.15, 0.2) is 30.5 Å². The van der Waals surface area contributed by atoms with Crippen molar-refractivity contribution < 1.29 is 4.79 Å². The summed E-state index contributed by atoms with van der Waals surface area (Å²) in [5.41, 5.74) is 2.39. The van der Waals surface area contributed by atoms with Crippen molar-refractivity contribution in [1.82, 2.24) is 10.3 Å². The first-order chi connectivity index (χ1) is 8.72. The minimum absolute atomic E-state index is 0.0670. The highest BCUT2D eigenvalue weighted by atomic mass is 79.9. The molecule has 1 aromatic carbocycles. The number of para-hydroxylation sites is 1. The molecule has 2 rings (SSSR count). The van der Waals surface area contributed by atoms with Gasteiger partial charge in [0.2, 0.25) is 5.91 Å². The van der Waals surface area contributed by atoms with Crippen LogP contribution in [-0.2, 0) is 11.2 Å². The highest BCUT2D eigenvalue weighted by molar-refractivity contribution is 9.10. The molecule has 1 heterocycles. The maximum absolute atomic E-state index is 11.6. The van der Waals surface area contributed by atoms with Gasteiger partial charge in [-0.3, -0.25) is 4.79 Å². The van der Waals surface area contributed by atoms with E-state index in [1.54, 1.807) is 0 Å². The number of hydrogen-bond donors (Lipinski definition) is 2. The molecule has 0 aliphatic heterocycles. The lowest BCUT2D eigenvalue weighted by atomic mass is 10.1. The molecule has 4 heteroatoms. The highest BCUT2D eigenvalue weighted by Crippen LogP contribution is 2.17. The predicted molar refractivity (Wildman–Crippen MR) is 78.0 cm³/mol. The summed E-state index contributed by atoms with van der Waals surface area (Å²) in [5.74, 6) is 0.0670. The van der Waals surface area contributed by atoms with Gasteiger partial charge in [-0.2, -0.15) is 0 Å². The topological polar surface area (TPSA) is 44.9 Å². The van der Waals surface area contributed by atoms with Crippen LogP contribution in [0.25, 0.3) is 10.9 Å². The number of fused-ring (bicyclic) bond motifs is 1. The fraction of sp³-hybridized carbons (Fsp3) is 0.357. The lowest BCUT2D eigenvalue weighted by molar-refractivity contribution is -0.120. The number of nitrogens with one attached hydrogen (secondary N) is 2. The van der Waals surface area contributed by atoms with Crippen molar-refractivity contribution in [2.75, 3.05) is 6.54 Å². The Morgan fingerprint density at radius 2 is 2.22 bits per heavy atom. The minimum Gasteiger partial charge on any atom is -0.361 e. The number of hydrogen-bond acceptors (Lipinski definition) is 1. The van der Waals surface area contributed by atoms with E-state index in [1.807, 2.05) is 25.3 Å². The third-order valence-electron chi connectivity index (χ3n) is 3.01. The molecular formula is C14H17BrN2O. The fourth-order valence-electron chi connectivity index (χ4n) is 1.95. The van der Waals surface area contributed by atoms with Crippen LogP contribution >= 0.6 is 15.9 Å². The van der Waals surface area contributed by atoms with E-state index in [-0.39, 0.29) is 10.7 Å². The van der Waals surface area contributed by atoms with Crippen LogP contribution in [0.2, 0.25) is 0 Å². The number of carbonyl (C=O) groups excluding carboxylic acids is 1. The van der Waals surface area contributed by atoms with Crippen LogP contribution in [0.1, 0.15) is 18.9 Å². The van der Waals surface area contributed by atoms with E-state index in [2.05, 4.69) is 38.4 Å². The summed E-state index contributed by atoms with van der Waals surface area (Å²) in [5, 5.41) is 4.17. The molecule has 0 spiro atoms. The normalized spacial score (nSPS) is 12.6. The van der Waals surface area contributed by atoms with Crippen LogP contribution in [0.5, 0.6) is 0 Å². The lowest BCUT2D eigenvalue weighted by Gasteiger charge is -2.08.